The molecule has 0 radical (unpaired) electrons. The fourth-order valence-electron chi connectivity index (χ4n) is 5.83. The number of nitrogens with one attached hydrogen (secondary N) is 1. The number of carbonyl (C=O) groups excluding carboxylic acids is 1. The van der Waals surface area contributed by atoms with Crippen molar-refractivity contribution in [3.8, 4) is 28.2 Å². The van der Waals surface area contributed by atoms with Gasteiger partial charge in [-0.25, -0.2) is 13.7 Å². The number of phosphoric ester groups is 3. The average Bonchev–Trinajstić information content (AvgIpc) is 3.15. The first-order valence-electron chi connectivity index (χ1n) is 18.9. The van der Waals surface area contributed by atoms with Crippen LogP contribution in [0.2, 0.25) is 0 Å². The summed E-state index contributed by atoms with van der Waals surface area (Å²) in [5.41, 5.74) is 2.55. The first-order chi connectivity index (χ1) is 27.5. The molecule has 4 atom stereocenters. The summed E-state index contributed by atoms with van der Waals surface area (Å²) < 4.78 is 72.3. The second-order valence-electron chi connectivity index (χ2n) is 13.8. The first kappa shape index (κ1) is 47.4. The third kappa shape index (κ3) is 15.7. The van der Waals surface area contributed by atoms with E-state index in [0.717, 1.165) is 12.0 Å². The molecule has 2 aromatic rings. The Labute approximate surface area is 336 Å². The molecule has 17 nitrogen and oxygen atoms in total. The number of fused-ring (bicyclic) bond motifs is 2. The number of phenols is 1. The van der Waals surface area contributed by atoms with Crippen molar-refractivity contribution in [2.75, 3.05) is 46.2 Å². The van der Waals surface area contributed by atoms with E-state index in [0.29, 0.717) is 65.0 Å². The van der Waals surface area contributed by atoms with E-state index in [1.165, 1.54) is 31.2 Å². The van der Waals surface area contributed by atoms with Gasteiger partial charge >= 0.3 is 23.5 Å². The molecule has 0 saturated heterocycles. The van der Waals surface area contributed by atoms with Crippen molar-refractivity contribution in [1.82, 2.24) is 5.32 Å². The molecule has 4 rings (SSSR count). The predicted molar refractivity (Wildman–Crippen MR) is 215 cm³/mol. The van der Waals surface area contributed by atoms with Gasteiger partial charge in [-0.1, -0.05) is 32.4 Å². The molecule has 1 aliphatic carbocycles. The molecular weight excluding hydrogens is 819 g/mol. The van der Waals surface area contributed by atoms with Gasteiger partial charge in [-0.2, -0.15) is 0 Å². The molecule has 20 heteroatoms. The molecule has 0 fully saturated rings. The molecule has 5 N–H and O–H groups in total. The van der Waals surface area contributed by atoms with E-state index in [4.69, 9.17) is 27.0 Å². The topological polar surface area (TPSA) is 247 Å². The number of rotatable bonds is 26. The molecule has 0 saturated carbocycles. The molecule has 0 bridgehead atoms. The number of hydrogen-bond acceptors (Lipinski definition) is 13. The van der Waals surface area contributed by atoms with E-state index in [1.54, 1.807) is 30.3 Å². The lowest BCUT2D eigenvalue weighted by Gasteiger charge is -2.21. The summed E-state index contributed by atoms with van der Waals surface area (Å²) >= 11 is 0. The van der Waals surface area contributed by atoms with Crippen molar-refractivity contribution in [2.45, 2.75) is 59.3 Å². The summed E-state index contributed by atoms with van der Waals surface area (Å²) in [6.07, 6.45) is 2.53. The lowest BCUT2D eigenvalue weighted by molar-refractivity contribution is 0.0852. The number of hydrogen-bond donors (Lipinski definition) is 5. The number of phenolic OH excluding ortho intramolecular Hbond substituents is 1. The van der Waals surface area contributed by atoms with E-state index in [9.17, 15) is 43.1 Å². The minimum atomic E-state index is -4.61. The van der Waals surface area contributed by atoms with Crippen molar-refractivity contribution in [2.24, 2.45) is 11.8 Å². The van der Waals surface area contributed by atoms with E-state index in [1.807, 2.05) is 19.9 Å². The van der Waals surface area contributed by atoms with Crippen LogP contribution in [0.4, 0.5) is 0 Å². The van der Waals surface area contributed by atoms with Gasteiger partial charge in [0.25, 0.3) is 5.91 Å². The van der Waals surface area contributed by atoms with Crippen molar-refractivity contribution >= 4 is 40.3 Å². The molecule has 4 unspecified atom stereocenters. The van der Waals surface area contributed by atoms with Gasteiger partial charge in [-0.3, -0.25) is 36.7 Å². The Balaban J connectivity index is 1.34. The molecule has 0 spiro atoms. The number of phosphoric acid groups is 3. The Morgan fingerprint density at radius 2 is 1.41 bits per heavy atom. The summed E-state index contributed by atoms with van der Waals surface area (Å²) in [5, 5.41) is 13.6. The van der Waals surface area contributed by atoms with Gasteiger partial charge in [0, 0.05) is 46.7 Å². The quantitative estimate of drug-likeness (QED) is 0.0228. The molecule has 2 aromatic carbocycles. The molecule has 2 aliphatic rings. The SMILES string of the molecule is CCOP(=O)(O)OCCCOP(=O)(O)OCC(CCCCNC(=O)c1cccc(-c2c3ccc(=O)cc-3oc3cc(O)ccc23)c1)COP(=O)(O)OCCCC(C)C. The number of unbranched alkanes of at least 4 members (excludes halogenated alkanes) is 1. The van der Waals surface area contributed by atoms with Gasteiger partial charge in [0.15, 0.2) is 5.43 Å². The van der Waals surface area contributed by atoms with E-state index < -0.39 is 36.0 Å². The molecular formula is C38H52NO16P3. The normalized spacial score (nSPS) is 15.6. The molecule has 320 valence electrons. The lowest BCUT2D eigenvalue weighted by atomic mass is 9.92. The maximum absolute atomic E-state index is 13.3. The zero-order chi connectivity index (χ0) is 42.3. The van der Waals surface area contributed by atoms with Crippen LogP contribution in [0.1, 0.15) is 69.7 Å². The summed E-state index contributed by atoms with van der Waals surface area (Å²) in [7, 11) is -13.3. The van der Waals surface area contributed by atoms with Gasteiger partial charge in [0.2, 0.25) is 0 Å². The Morgan fingerprint density at radius 3 is 2.07 bits per heavy atom. The van der Waals surface area contributed by atoms with Crippen LogP contribution in [-0.4, -0.2) is 71.9 Å². The van der Waals surface area contributed by atoms with Crippen molar-refractivity contribution < 1.29 is 69.8 Å². The summed E-state index contributed by atoms with van der Waals surface area (Å²) in [4.78, 5) is 55.3. The number of aromatic hydroxyl groups is 1. The van der Waals surface area contributed by atoms with E-state index in [-0.39, 0.29) is 63.1 Å². The molecule has 1 amide bonds. The van der Waals surface area contributed by atoms with Gasteiger partial charge in [0.05, 0.1) is 39.6 Å². The molecule has 1 heterocycles. The largest absolute Gasteiger partial charge is 0.508 e. The molecule has 58 heavy (non-hydrogen) atoms. The van der Waals surface area contributed by atoms with Crippen molar-refractivity contribution in [1.29, 1.82) is 0 Å². The number of carbonyl (C=O) groups is 1. The second-order valence-corrected chi connectivity index (χ2v) is 18.2. The van der Waals surface area contributed by atoms with Gasteiger partial charge in [-0.15, -0.1) is 0 Å². The molecule has 0 aromatic heterocycles. The van der Waals surface area contributed by atoms with Crippen LogP contribution in [0.15, 0.2) is 69.9 Å². The smallest absolute Gasteiger partial charge is 0.472 e. The fraction of sp³-hybridized carbons (Fsp3) is 0.474. The van der Waals surface area contributed by atoms with Gasteiger partial charge in [0.1, 0.15) is 17.1 Å². The summed E-state index contributed by atoms with van der Waals surface area (Å²) in [6.45, 7) is 4.40. The highest BCUT2D eigenvalue weighted by Gasteiger charge is 2.28. The highest BCUT2D eigenvalue weighted by molar-refractivity contribution is 7.47. The lowest BCUT2D eigenvalue weighted by Crippen LogP contribution is -2.24. The van der Waals surface area contributed by atoms with Crippen molar-refractivity contribution in [3.05, 3.63) is 76.5 Å². The maximum Gasteiger partial charge on any atom is 0.472 e. The van der Waals surface area contributed by atoms with Crippen LogP contribution in [0.25, 0.3) is 33.4 Å². The van der Waals surface area contributed by atoms with E-state index in [2.05, 4.69) is 9.84 Å². The van der Waals surface area contributed by atoms with Crippen molar-refractivity contribution in [3.63, 3.8) is 0 Å². The fourth-order valence-corrected chi connectivity index (χ4v) is 8.26. The van der Waals surface area contributed by atoms with Crippen LogP contribution in [0, 0.1) is 11.8 Å². The summed E-state index contributed by atoms with van der Waals surface area (Å²) in [6, 6.07) is 16.1. The third-order valence-electron chi connectivity index (χ3n) is 8.63. The summed E-state index contributed by atoms with van der Waals surface area (Å²) in [5.74, 6) is -0.303. The first-order valence-corrected chi connectivity index (χ1v) is 23.4. The number of amides is 1. The maximum atomic E-state index is 13.3. The minimum Gasteiger partial charge on any atom is -0.508 e. The van der Waals surface area contributed by atoms with Crippen LogP contribution < -0.4 is 10.7 Å². The van der Waals surface area contributed by atoms with Gasteiger partial charge < -0.3 is 29.5 Å². The van der Waals surface area contributed by atoms with Crippen LogP contribution in [0.3, 0.4) is 0 Å². The highest BCUT2D eigenvalue weighted by atomic mass is 31.2. The predicted octanol–water partition coefficient (Wildman–Crippen LogP) is 8.03. The number of benzene rings is 3. The molecule has 1 aliphatic heterocycles. The van der Waals surface area contributed by atoms with Crippen LogP contribution in [0.5, 0.6) is 5.75 Å². The van der Waals surface area contributed by atoms with E-state index >= 15 is 0 Å². The minimum absolute atomic E-state index is 0.00691. The zero-order valence-electron chi connectivity index (χ0n) is 32.7. The Bertz CT molecular complexity index is 2120. The second kappa shape index (κ2) is 22.4. The average molecular weight is 872 g/mol. The Morgan fingerprint density at radius 1 is 0.759 bits per heavy atom. The standard InChI is InChI=1S/C38H52NO16P3/c1-4-49-56(43,44)51-20-9-21-52-58(47,48)54-26-28(25-53-57(45,46)50-19-8-10-27(2)3)11-5-6-18-39-38(42)30-13-7-12-29(22-30)37-33-16-14-31(40)23-35(33)55-36-24-32(41)15-17-34(36)37/h7,12-17,22-24,27-28,40H,4-6,8-11,18-21,25-26H2,1-3H3,(H,39,42)(H,43,44)(H,45,46)(H,47,48). The van der Waals surface area contributed by atoms with Crippen LogP contribution in [-0.2, 0) is 40.8 Å². The monoisotopic (exact) mass is 871 g/mol. The van der Waals surface area contributed by atoms with Crippen LogP contribution >= 0.6 is 23.5 Å². The highest BCUT2D eigenvalue weighted by Crippen LogP contribution is 2.47. The third-order valence-corrected chi connectivity index (χ3v) is 11.7. The Hall–Kier alpha value is -3.27. The van der Waals surface area contributed by atoms with Gasteiger partial charge in [-0.05, 0) is 86.9 Å². The zero-order valence-corrected chi connectivity index (χ0v) is 35.3. The Kier molecular flexibility index (Phi) is 18.3.